The van der Waals surface area contributed by atoms with E-state index in [4.69, 9.17) is 9.31 Å². The van der Waals surface area contributed by atoms with Gasteiger partial charge in [0, 0.05) is 0 Å². The van der Waals surface area contributed by atoms with Crippen molar-refractivity contribution in [3.05, 3.63) is 47.5 Å². The summed E-state index contributed by atoms with van der Waals surface area (Å²) in [5, 5.41) is 0. The molecule has 0 fully saturated rings. The number of hydrogen-bond donors (Lipinski definition) is 0. The third kappa shape index (κ3) is 3.44. The molecule has 23 heavy (non-hydrogen) atoms. The lowest BCUT2D eigenvalue weighted by atomic mass is 10.2. The quantitative estimate of drug-likeness (QED) is 0.602. The summed E-state index contributed by atoms with van der Waals surface area (Å²) in [7, 11) is 2.89. The van der Waals surface area contributed by atoms with E-state index >= 15 is 0 Å². The molecule has 0 saturated carbocycles. The first-order valence-corrected chi connectivity index (χ1v) is 6.18. The van der Waals surface area contributed by atoms with Crippen LogP contribution < -0.4 is 18.8 Å². The summed E-state index contributed by atoms with van der Waals surface area (Å²) in [6, 6.07) is 4.44. The molecule has 0 N–H and O–H groups in total. The first-order chi connectivity index (χ1) is 11.0. The van der Waals surface area contributed by atoms with E-state index in [-0.39, 0.29) is 11.5 Å². The van der Waals surface area contributed by atoms with Gasteiger partial charge in [-0.2, -0.15) is 17.6 Å². The van der Waals surface area contributed by atoms with Gasteiger partial charge in [-0.15, -0.1) is 0 Å². The fourth-order valence-electron chi connectivity index (χ4n) is 1.65. The largest absolute Gasteiger partial charge is 0.658 e. The first kappa shape index (κ1) is 16.8. The predicted molar refractivity (Wildman–Crippen MR) is 72.8 cm³/mol. The zero-order chi connectivity index (χ0) is 17.0. The van der Waals surface area contributed by atoms with Crippen LogP contribution in [0, 0.1) is 23.3 Å². The van der Waals surface area contributed by atoms with Gasteiger partial charge in [-0.3, -0.25) is 0 Å². The smallest absolute Gasteiger partial charge is 0.524 e. The highest BCUT2D eigenvalue weighted by Crippen LogP contribution is 2.29. The molecular weight excluding hydrogens is 319 g/mol. The van der Waals surface area contributed by atoms with Crippen molar-refractivity contribution in [2.75, 3.05) is 14.2 Å². The monoisotopic (exact) mass is 329 g/mol. The number of rotatable bonds is 6. The maximum absolute atomic E-state index is 13.6. The van der Waals surface area contributed by atoms with Crippen molar-refractivity contribution < 1.29 is 36.3 Å². The van der Waals surface area contributed by atoms with Crippen LogP contribution in [0.15, 0.2) is 24.3 Å². The molecule has 9 heteroatoms. The SMILES string of the molecule is COc1ccc(O[B]Oc2ccc(OC)c(F)c2F)c(F)c1F. The summed E-state index contributed by atoms with van der Waals surface area (Å²) in [5.74, 6) is -6.77. The minimum absolute atomic E-state index is 0.306. The van der Waals surface area contributed by atoms with Crippen LogP contribution >= 0.6 is 0 Å². The molecule has 0 aliphatic heterocycles. The number of hydrogen-bond acceptors (Lipinski definition) is 4. The summed E-state index contributed by atoms with van der Waals surface area (Å²) in [5.41, 5.74) is 0. The molecule has 0 saturated heterocycles. The van der Waals surface area contributed by atoms with Gasteiger partial charge in [-0.1, -0.05) is 0 Å². The van der Waals surface area contributed by atoms with Crippen LogP contribution in [-0.4, -0.2) is 21.9 Å². The van der Waals surface area contributed by atoms with Gasteiger partial charge in [0.15, 0.2) is 11.5 Å². The van der Waals surface area contributed by atoms with Gasteiger partial charge in [0.1, 0.15) is 11.5 Å². The Morgan fingerprint density at radius 3 is 1.26 bits per heavy atom. The lowest BCUT2D eigenvalue weighted by Crippen LogP contribution is -2.13. The van der Waals surface area contributed by atoms with Crippen LogP contribution in [0.25, 0.3) is 0 Å². The second-order valence-corrected chi connectivity index (χ2v) is 4.12. The van der Waals surface area contributed by atoms with Gasteiger partial charge in [-0.05, 0) is 24.3 Å². The predicted octanol–water partition coefficient (Wildman–Crippen LogP) is 3.25. The van der Waals surface area contributed by atoms with E-state index < -0.39 is 34.8 Å². The van der Waals surface area contributed by atoms with Gasteiger partial charge in [0.05, 0.1) is 14.2 Å². The van der Waals surface area contributed by atoms with Crippen LogP contribution in [0.4, 0.5) is 17.6 Å². The van der Waals surface area contributed by atoms with Crippen LogP contribution in [0.3, 0.4) is 0 Å². The van der Waals surface area contributed by atoms with Crippen molar-refractivity contribution >= 4 is 7.69 Å². The Morgan fingerprint density at radius 1 is 0.609 bits per heavy atom. The molecule has 0 spiro atoms. The minimum Gasteiger partial charge on any atom is -0.524 e. The summed E-state index contributed by atoms with van der Waals surface area (Å²) < 4.78 is 72.8. The Balaban J connectivity index is 2.06. The zero-order valence-electron chi connectivity index (χ0n) is 12.0. The highest BCUT2D eigenvalue weighted by atomic mass is 19.2. The molecule has 0 bridgehead atoms. The summed E-state index contributed by atoms with van der Waals surface area (Å²) in [6.07, 6.45) is 0. The Morgan fingerprint density at radius 2 is 0.913 bits per heavy atom. The number of benzene rings is 2. The van der Waals surface area contributed by atoms with Crippen molar-refractivity contribution in [1.29, 1.82) is 0 Å². The van der Waals surface area contributed by atoms with Gasteiger partial charge < -0.3 is 18.8 Å². The Bertz CT molecular complexity index is 652. The lowest BCUT2D eigenvalue weighted by molar-refractivity contribution is 0.353. The average Bonchev–Trinajstić information content (AvgIpc) is 2.55. The van der Waals surface area contributed by atoms with Crippen LogP contribution in [0.2, 0.25) is 0 Å². The fraction of sp³-hybridized carbons (Fsp3) is 0.143. The summed E-state index contributed by atoms with van der Waals surface area (Å²) >= 11 is 0. The molecule has 0 aliphatic carbocycles. The molecule has 0 unspecified atom stereocenters. The maximum Gasteiger partial charge on any atom is 0.658 e. The molecule has 1 radical (unpaired) electrons. The average molecular weight is 329 g/mol. The Labute approximate surface area is 129 Å². The van der Waals surface area contributed by atoms with E-state index in [0.717, 1.165) is 24.3 Å². The Kier molecular flexibility index (Phi) is 5.20. The standard InChI is InChI=1S/C14H10BF4O4/c1-20-7-3-5-9(13(18)11(7)16)22-15-23-10-6-4-8(21-2)12(17)14(10)19/h3-6H,1-2H3. The van der Waals surface area contributed by atoms with Crippen molar-refractivity contribution in [3.63, 3.8) is 0 Å². The molecule has 2 rings (SSSR count). The molecule has 2 aromatic carbocycles. The molecule has 0 atom stereocenters. The third-order valence-corrected chi connectivity index (χ3v) is 2.81. The topological polar surface area (TPSA) is 36.9 Å². The molecule has 121 valence electrons. The zero-order valence-corrected chi connectivity index (χ0v) is 12.0. The summed E-state index contributed by atoms with van der Waals surface area (Å²) in [4.78, 5) is 0. The fourth-order valence-corrected chi connectivity index (χ4v) is 1.65. The Hall–Kier alpha value is -2.58. The van der Waals surface area contributed by atoms with Crippen molar-refractivity contribution in [1.82, 2.24) is 0 Å². The van der Waals surface area contributed by atoms with E-state index in [0.29, 0.717) is 7.69 Å². The van der Waals surface area contributed by atoms with E-state index in [1.165, 1.54) is 14.2 Å². The van der Waals surface area contributed by atoms with Gasteiger partial charge in [0.25, 0.3) is 0 Å². The molecule has 0 heterocycles. The highest BCUT2D eigenvalue weighted by molar-refractivity contribution is 6.20. The van der Waals surface area contributed by atoms with Gasteiger partial charge in [0.2, 0.25) is 23.3 Å². The second-order valence-electron chi connectivity index (χ2n) is 4.12. The number of methoxy groups -OCH3 is 2. The second kappa shape index (κ2) is 7.12. The molecule has 0 amide bonds. The molecule has 0 aromatic heterocycles. The summed E-state index contributed by atoms with van der Waals surface area (Å²) in [6.45, 7) is 0. The molecule has 4 nitrogen and oxygen atoms in total. The van der Waals surface area contributed by atoms with Gasteiger partial charge in [-0.25, -0.2) is 0 Å². The normalized spacial score (nSPS) is 10.2. The van der Waals surface area contributed by atoms with E-state index in [2.05, 4.69) is 9.47 Å². The first-order valence-electron chi connectivity index (χ1n) is 6.18. The lowest BCUT2D eigenvalue weighted by Gasteiger charge is -2.11. The minimum atomic E-state index is -1.31. The van der Waals surface area contributed by atoms with E-state index in [1.54, 1.807) is 0 Å². The van der Waals surface area contributed by atoms with Crippen LogP contribution in [0.5, 0.6) is 23.0 Å². The maximum atomic E-state index is 13.6. The van der Waals surface area contributed by atoms with Crippen LogP contribution in [-0.2, 0) is 0 Å². The van der Waals surface area contributed by atoms with E-state index in [9.17, 15) is 17.6 Å². The number of halogens is 4. The van der Waals surface area contributed by atoms with Crippen molar-refractivity contribution in [2.45, 2.75) is 0 Å². The molecule has 2 aromatic rings. The highest BCUT2D eigenvalue weighted by Gasteiger charge is 2.18. The molecule has 0 aliphatic rings. The van der Waals surface area contributed by atoms with Crippen molar-refractivity contribution in [3.8, 4) is 23.0 Å². The third-order valence-electron chi connectivity index (χ3n) is 2.81. The molecular formula is C14H10BF4O4. The van der Waals surface area contributed by atoms with E-state index in [1.807, 2.05) is 0 Å². The van der Waals surface area contributed by atoms with Gasteiger partial charge >= 0.3 is 7.69 Å². The van der Waals surface area contributed by atoms with Crippen LogP contribution in [0.1, 0.15) is 0 Å². The number of ether oxygens (including phenoxy) is 2. The van der Waals surface area contributed by atoms with Crippen molar-refractivity contribution in [2.24, 2.45) is 0 Å².